The lowest BCUT2D eigenvalue weighted by molar-refractivity contribution is -0.144. The Hall–Kier alpha value is -3.16. The van der Waals surface area contributed by atoms with E-state index in [9.17, 15) is 35.9 Å². The van der Waals surface area contributed by atoms with E-state index in [0.29, 0.717) is 50.7 Å². The standard InChI is InChI=1S/C33H38F6N4O3/c34-32(35,36)25-15-24(16-26(17-25)33(37,38)39)31(45)43-8-6-27(18-28(43)14-22-4-2-1-3-5-22)40-9-11-41(12-10-40)29-19-42(20-29)30(44)23-7-13-46-21-23/h1-5,15-17,23,27-29H,6-14,18-21H2/t23-,27?,28?/m1/s1. The number of carbonyl (C=O) groups excluding carboxylic acids is 2. The zero-order valence-corrected chi connectivity index (χ0v) is 25.4. The Morgan fingerprint density at radius 1 is 0.783 bits per heavy atom. The minimum atomic E-state index is -5.03. The van der Waals surface area contributed by atoms with Crippen molar-refractivity contribution in [1.29, 1.82) is 0 Å². The minimum absolute atomic E-state index is 0.0281. The number of nitrogens with zero attached hydrogens (tertiary/aromatic N) is 4. The molecule has 0 bridgehead atoms. The fourth-order valence-electron chi connectivity index (χ4n) is 7.27. The molecule has 0 saturated carbocycles. The Balaban J connectivity index is 1.12. The maximum Gasteiger partial charge on any atom is 0.416 e. The van der Waals surface area contributed by atoms with Gasteiger partial charge in [0, 0.05) is 76.1 Å². The highest BCUT2D eigenvalue weighted by atomic mass is 19.4. The van der Waals surface area contributed by atoms with Crippen molar-refractivity contribution < 1.29 is 40.7 Å². The van der Waals surface area contributed by atoms with Crippen LogP contribution in [0.5, 0.6) is 0 Å². The molecular weight excluding hydrogens is 614 g/mol. The summed E-state index contributed by atoms with van der Waals surface area (Å²) in [6.07, 6.45) is -7.73. The first kappa shape index (κ1) is 32.8. The number of hydrogen-bond acceptors (Lipinski definition) is 5. The summed E-state index contributed by atoms with van der Waals surface area (Å²) in [5.74, 6) is -0.674. The largest absolute Gasteiger partial charge is 0.416 e. The van der Waals surface area contributed by atoms with E-state index in [1.165, 1.54) is 4.90 Å². The molecule has 4 aliphatic rings. The SMILES string of the molecule is O=C([C@@H]1CCOC1)N1CC(N2CCN(C3CCN(C(=O)c4cc(C(F)(F)F)cc(C(F)(F)F)c4)C(Cc4ccccc4)C3)CC2)C1. The highest BCUT2D eigenvalue weighted by molar-refractivity contribution is 5.95. The molecule has 4 heterocycles. The van der Waals surface area contributed by atoms with E-state index < -0.39 is 41.0 Å². The average Bonchev–Trinajstić information content (AvgIpc) is 3.55. The molecule has 7 nitrogen and oxygen atoms in total. The van der Waals surface area contributed by atoms with Gasteiger partial charge in [-0.05, 0) is 49.4 Å². The molecule has 13 heteroatoms. The molecule has 0 aromatic heterocycles. The zero-order chi connectivity index (χ0) is 32.6. The van der Waals surface area contributed by atoms with E-state index >= 15 is 0 Å². The van der Waals surface area contributed by atoms with Crippen LogP contribution in [0.4, 0.5) is 26.3 Å². The van der Waals surface area contributed by atoms with Crippen LogP contribution in [0.1, 0.15) is 46.3 Å². The maximum atomic E-state index is 13.7. The van der Waals surface area contributed by atoms with Gasteiger partial charge in [-0.1, -0.05) is 30.3 Å². The van der Waals surface area contributed by atoms with Crippen LogP contribution >= 0.6 is 0 Å². The van der Waals surface area contributed by atoms with Gasteiger partial charge in [-0.3, -0.25) is 19.4 Å². The number of rotatable bonds is 6. The molecule has 2 aromatic carbocycles. The van der Waals surface area contributed by atoms with E-state index in [1.54, 1.807) is 0 Å². The molecule has 250 valence electrons. The fourth-order valence-corrected chi connectivity index (χ4v) is 7.27. The fraction of sp³-hybridized carbons (Fsp3) is 0.576. The predicted octanol–water partition coefficient (Wildman–Crippen LogP) is 4.81. The Morgan fingerprint density at radius 2 is 1.39 bits per heavy atom. The van der Waals surface area contributed by atoms with Crippen LogP contribution in [-0.2, 0) is 28.3 Å². The molecule has 6 rings (SSSR count). The average molecular weight is 653 g/mol. The normalized spacial score (nSPS) is 25.5. The van der Waals surface area contributed by atoms with E-state index in [2.05, 4.69) is 9.80 Å². The lowest BCUT2D eigenvalue weighted by Crippen LogP contribution is -2.65. The van der Waals surface area contributed by atoms with Gasteiger partial charge in [0.15, 0.2) is 0 Å². The molecule has 46 heavy (non-hydrogen) atoms. The molecule has 4 aliphatic heterocycles. The summed E-state index contributed by atoms with van der Waals surface area (Å²) in [5, 5.41) is 0. The van der Waals surface area contributed by atoms with Crippen molar-refractivity contribution in [3.63, 3.8) is 0 Å². The summed E-state index contributed by atoms with van der Waals surface area (Å²) in [6.45, 7) is 6.10. The number of likely N-dealkylation sites (tertiary alicyclic amines) is 2. The minimum Gasteiger partial charge on any atom is -0.381 e. The van der Waals surface area contributed by atoms with Crippen molar-refractivity contribution in [2.24, 2.45) is 5.92 Å². The van der Waals surface area contributed by atoms with E-state index in [0.717, 1.165) is 51.3 Å². The molecule has 0 radical (unpaired) electrons. The maximum absolute atomic E-state index is 13.7. The van der Waals surface area contributed by atoms with Crippen LogP contribution in [-0.4, -0.2) is 109 Å². The van der Waals surface area contributed by atoms with Gasteiger partial charge in [-0.2, -0.15) is 26.3 Å². The van der Waals surface area contributed by atoms with E-state index in [-0.39, 0.29) is 30.5 Å². The summed E-state index contributed by atoms with van der Waals surface area (Å²) in [5.41, 5.74) is -2.67. The van der Waals surface area contributed by atoms with Crippen LogP contribution in [0.2, 0.25) is 0 Å². The van der Waals surface area contributed by atoms with Crippen LogP contribution < -0.4 is 0 Å². The monoisotopic (exact) mass is 652 g/mol. The highest BCUT2D eigenvalue weighted by Gasteiger charge is 2.42. The highest BCUT2D eigenvalue weighted by Crippen LogP contribution is 2.37. The number of carbonyl (C=O) groups is 2. The zero-order valence-electron chi connectivity index (χ0n) is 25.4. The molecule has 2 aromatic rings. The third kappa shape index (κ3) is 7.21. The molecule has 4 saturated heterocycles. The topological polar surface area (TPSA) is 56.3 Å². The second kappa shape index (κ2) is 13.2. The summed E-state index contributed by atoms with van der Waals surface area (Å²) >= 11 is 0. The lowest BCUT2D eigenvalue weighted by atomic mass is 9.90. The van der Waals surface area contributed by atoms with Crippen molar-refractivity contribution in [3.8, 4) is 0 Å². The Labute approximate surface area is 264 Å². The molecule has 2 amide bonds. The Bertz CT molecular complexity index is 1350. The number of hydrogen-bond donors (Lipinski definition) is 0. The van der Waals surface area contributed by atoms with Crippen LogP contribution in [0.3, 0.4) is 0 Å². The van der Waals surface area contributed by atoms with Crippen molar-refractivity contribution >= 4 is 11.8 Å². The van der Waals surface area contributed by atoms with Crippen molar-refractivity contribution in [3.05, 3.63) is 70.8 Å². The van der Waals surface area contributed by atoms with Crippen molar-refractivity contribution in [2.75, 3.05) is 59.0 Å². The van der Waals surface area contributed by atoms with Gasteiger partial charge >= 0.3 is 12.4 Å². The van der Waals surface area contributed by atoms with Crippen molar-refractivity contribution in [1.82, 2.24) is 19.6 Å². The smallest absolute Gasteiger partial charge is 0.381 e. The summed E-state index contributed by atoms with van der Waals surface area (Å²) in [4.78, 5) is 34.5. The molecular formula is C33H38F6N4O3. The number of amides is 2. The third-order valence-corrected chi connectivity index (χ3v) is 9.93. The predicted molar refractivity (Wildman–Crippen MR) is 157 cm³/mol. The summed E-state index contributed by atoms with van der Waals surface area (Å²) < 4.78 is 86.7. The number of alkyl halides is 6. The number of piperazine rings is 1. The Morgan fingerprint density at radius 3 is 1.96 bits per heavy atom. The quantitative estimate of drug-likeness (QED) is 0.420. The van der Waals surface area contributed by atoms with E-state index in [4.69, 9.17) is 4.74 Å². The van der Waals surface area contributed by atoms with Gasteiger partial charge < -0.3 is 14.5 Å². The first-order chi connectivity index (χ1) is 21.9. The van der Waals surface area contributed by atoms with Crippen LogP contribution in [0.25, 0.3) is 0 Å². The molecule has 0 spiro atoms. The molecule has 0 N–H and O–H groups in total. The summed E-state index contributed by atoms with van der Waals surface area (Å²) in [7, 11) is 0. The van der Waals surface area contributed by atoms with Gasteiger partial charge in [-0.15, -0.1) is 0 Å². The van der Waals surface area contributed by atoms with Crippen LogP contribution in [0.15, 0.2) is 48.5 Å². The number of benzene rings is 2. The molecule has 0 aliphatic carbocycles. The molecule has 3 atom stereocenters. The van der Waals surface area contributed by atoms with Crippen LogP contribution in [0, 0.1) is 5.92 Å². The first-order valence-corrected chi connectivity index (χ1v) is 15.9. The third-order valence-electron chi connectivity index (χ3n) is 9.93. The van der Waals surface area contributed by atoms with Gasteiger partial charge in [0.1, 0.15) is 0 Å². The second-order valence-electron chi connectivity index (χ2n) is 12.8. The number of ether oxygens (including phenoxy) is 1. The first-order valence-electron chi connectivity index (χ1n) is 15.9. The summed E-state index contributed by atoms with van der Waals surface area (Å²) in [6, 6.07) is 10.5. The van der Waals surface area contributed by atoms with E-state index in [1.807, 2.05) is 35.2 Å². The molecule has 2 unspecified atom stereocenters. The van der Waals surface area contributed by atoms with Gasteiger partial charge in [-0.25, -0.2) is 0 Å². The van der Waals surface area contributed by atoms with Gasteiger partial charge in [0.25, 0.3) is 5.91 Å². The lowest BCUT2D eigenvalue weighted by Gasteiger charge is -2.51. The van der Waals surface area contributed by atoms with Crippen molar-refractivity contribution in [2.45, 2.75) is 56.2 Å². The molecule has 4 fully saturated rings. The number of piperidine rings is 1. The van der Waals surface area contributed by atoms with Gasteiger partial charge in [0.05, 0.1) is 23.7 Å². The second-order valence-corrected chi connectivity index (χ2v) is 12.8. The number of halogens is 6. The Kier molecular flexibility index (Phi) is 9.37. The van der Waals surface area contributed by atoms with Gasteiger partial charge in [0.2, 0.25) is 5.91 Å².